The number of carboxylic acid groups (broad SMARTS) is 2. The summed E-state index contributed by atoms with van der Waals surface area (Å²) in [6.45, 7) is 2.70. The zero-order valence-corrected chi connectivity index (χ0v) is 13.4. The molecule has 23 heavy (non-hydrogen) atoms. The predicted molar refractivity (Wildman–Crippen MR) is 78.6 cm³/mol. The molecule has 0 saturated carbocycles. The number of amides is 1. The first-order valence-electron chi connectivity index (χ1n) is 6.80. The van der Waals surface area contributed by atoms with Gasteiger partial charge in [-0.15, -0.1) is 0 Å². The summed E-state index contributed by atoms with van der Waals surface area (Å²) in [7, 11) is -4.10. The summed E-state index contributed by atoms with van der Waals surface area (Å²) in [4.78, 5) is 23.2. The predicted octanol–water partition coefficient (Wildman–Crippen LogP) is 1.30. The van der Waals surface area contributed by atoms with Crippen molar-refractivity contribution >= 4 is 22.2 Å². The van der Waals surface area contributed by atoms with Crippen molar-refractivity contribution in [2.75, 3.05) is 6.54 Å². The van der Waals surface area contributed by atoms with Gasteiger partial charge in [0.25, 0.3) is 10.1 Å². The molecule has 1 aliphatic heterocycles. The molecule has 2 rings (SSSR count). The highest BCUT2D eigenvalue weighted by Crippen LogP contribution is 2.33. The maximum atomic E-state index is 12.2. The van der Waals surface area contributed by atoms with Crippen LogP contribution in [0.15, 0.2) is 29.2 Å². The number of aryl methyl sites for hydroxylation is 1. The SMILES string of the molecule is Cc1ccc(S(=O)(=O)O[C@H]2CN(C(=O)O)[C@@](C)(C(=O)O)C2)cc1. The second kappa shape index (κ2) is 5.82. The van der Waals surface area contributed by atoms with Gasteiger partial charge in [-0.2, -0.15) is 8.42 Å². The maximum Gasteiger partial charge on any atom is 0.408 e. The van der Waals surface area contributed by atoms with Crippen LogP contribution in [-0.4, -0.2) is 53.8 Å². The highest BCUT2D eigenvalue weighted by Gasteiger charge is 2.52. The fourth-order valence-corrected chi connectivity index (χ4v) is 3.59. The summed E-state index contributed by atoms with van der Waals surface area (Å²) in [6, 6.07) is 5.97. The number of rotatable bonds is 4. The van der Waals surface area contributed by atoms with Gasteiger partial charge in [0.2, 0.25) is 0 Å². The standard InChI is InChI=1S/C14H17NO7S/c1-9-3-5-11(6-4-9)23(20,21)22-10-7-14(2,12(16)17)15(8-10)13(18)19/h3-6,10H,7-8H2,1-2H3,(H,16,17)(H,18,19)/t10-,14-/m1/s1. The van der Waals surface area contributed by atoms with Crippen molar-refractivity contribution in [1.29, 1.82) is 0 Å². The molecule has 0 aromatic heterocycles. The Bertz CT molecular complexity index is 728. The summed E-state index contributed by atoms with van der Waals surface area (Å²) in [5.74, 6) is -1.35. The molecule has 1 fully saturated rings. The third-order valence-electron chi connectivity index (χ3n) is 3.87. The lowest BCUT2D eigenvalue weighted by atomic mass is 9.99. The Kier molecular flexibility index (Phi) is 4.36. The Hall–Kier alpha value is -2.13. The molecular weight excluding hydrogens is 326 g/mol. The molecule has 1 saturated heterocycles. The third-order valence-corrected chi connectivity index (χ3v) is 5.25. The van der Waals surface area contributed by atoms with Crippen molar-refractivity contribution in [2.24, 2.45) is 0 Å². The van der Waals surface area contributed by atoms with Crippen LogP contribution in [-0.2, 0) is 19.1 Å². The van der Waals surface area contributed by atoms with Crippen molar-refractivity contribution < 1.29 is 32.4 Å². The van der Waals surface area contributed by atoms with E-state index in [0.29, 0.717) is 4.90 Å². The van der Waals surface area contributed by atoms with E-state index in [4.69, 9.17) is 9.29 Å². The fourth-order valence-electron chi connectivity index (χ4n) is 2.52. The Morgan fingerprint density at radius 1 is 1.26 bits per heavy atom. The first-order valence-corrected chi connectivity index (χ1v) is 8.21. The Morgan fingerprint density at radius 2 is 1.83 bits per heavy atom. The van der Waals surface area contributed by atoms with E-state index in [9.17, 15) is 23.1 Å². The molecule has 2 N–H and O–H groups in total. The maximum absolute atomic E-state index is 12.2. The fraction of sp³-hybridized carbons (Fsp3) is 0.429. The number of carbonyl (C=O) groups is 2. The smallest absolute Gasteiger partial charge is 0.408 e. The zero-order valence-electron chi connectivity index (χ0n) is 12.6. The van der Waals surface area contributed by atoms with E-state index in [0.717, 1.165) is 5.56 Å². The molecule has 0 spiro atoms. The van der Waals surface area contributed by atoms with Crippen molar-refractivity contribution in [3.8, 4) is 0 Å². The van der Waals surface area contributed by atoms with Crippen LogP contribution in [0.2, 0.25) is 0 Å². The topological polar surface area (TPSA) is 121 Å². The summed E-state index contributed by atoms with van der Waals surface area (Å²) in [5, 5.41) is 18.4. The van der Waals surface area contributed by atoms with Crippen LogP contribution >= 0.6 is 0 Å². The minimum atomic E-state index is -4.10. The minimum absolute atomic E-state index is 0.0612. The van der Waals surface area contributed by atoms with E-state index in [1.54, 1.807) is 19.1 Å². The second-order valence-electron chi connectivity index (χ2n) is 5.66. The van der Waals surface area contributed by atoms with Crippen molar-refractivity contribution in [2.45, 2.75) is 36.8 Å². The molecular formula is C14H17NO7S. The highest BCUT2D eigenvalue weighted by atomic mass is 32.2. The summed E-state index contributed by atoms with van der Waals surface area (Å²) in [5.41, 5.74) is -0.848. The van der Waals surface area contributed by atoms with Crippen molar-refractivity contribution in [1.82, 2.24) is 4.90 Å². The first-order chi connectivity index (χ1) is 10.6. The summed E-state index contributed by atoms with van der Waals surface area (Å²) < 4.78 is 29.5. The third kappa shape index (κ3) is 3.30. The van der Waals surface area contributed by atoms with Crippen LogP contribution in [0.1, 0.15) is 18.9 Å². The Morgan fingerprint density at radius 3 is 2.26 bits per heavy atom. The van der Waals surface area contributed by atoms with E-state index < -0.39 is 33.8 Å². The van der Waals surface area contributed by atoms with Crippen LogP contribution in [0.5, 0.6) is 0 Å². The normalized spacial score (nSPS) is 24.6. The van der Waals surface area contributed by atoms with E-state index in [1.165, 1.54) is 19.1 Å². The number of benzene rings is 1. The number of aliphatic carboxylic acids is 1. The van der Waals surface area contributed by atoms with Crippen molar-refractivity contribution in [3.05, 3.63) is 29.8 Å². The first kappa shape index (κ1) is 17.2. The van der Waals surface area contributed by atoms with Gasteiger partial charge in [-0.1, -0.05) is 17.7 Å². The van der Waals surface area contributed by atoms with Gasteiger partial charge in [0.05, 0.1) is 17.5 Å². The van der Waals surface area contributed by atoms with Gasteiger partial charge >= 0.3 is 12.1 Å². The zero-order chi connectivity index (χ0) is 17.4. The number of hydrogen-bond donors (Lipinski definition) is 2. The Labute approximate surface area is 133 Å². The molecule has 8 nitrogen and oxygen atoms in total. The molecule has 0 aliphatic carbocycles. The number of hydrogen-bond acceptors (Lipinski definition) is 5. The molecule has 0 bridgehead atoms. The van der Waals surface area contributed by atoms with Gasteiger partial charge in [-0.05, 0) is 26.0 Å². The molecule has 9 heteroatoms. The molecule has 0 unspecified atom stereocenters. The molecule has 1 aliphatic rings. The van der Waals surface area contributed by atoms with E-state index in [-0.39, 0.29) is 17.9 Å². The van der Waals surface area contributed by atoms with Gasteiger partial charge in [-0.25, -0.2) is 9.59 Å². The minimum Gasteiger partial charge on any atom is -0.480 e. The molecule has 1 aromatic carbocycles. The van der Waals surface area contributed by atoms with Crippen LogP contribution in [0.4, 0.5) is 4.79 Å². The lowest BCUT2D eigenvalue weighted by molar-refractivity contribution is -0.147. The van der Waals surface area contributed by atoms with Gasteiger partial charge in [0.15, 0.2) is 0 Å². The van der Waals surface area contributed by atoms with Crippen LogP contribution in [0.3, 0.4) is 0 Å². The average Bonchev–Trinajstić information content (AvgIpc) is 2.77. The van der Waals surface area contributed by atoms with Gasteiger partial charge < -0.3 is 10.2 Å². The monoisotopic (exact) mass is 343 g/mol. The average molecular weight is 343 g/mol. The molecule has 0 radical (unpaired) electrons. The number of likely N-dealkylation sites (tertiary alicyclic amines) is 1. The summed E-state index contributed by atoms with van der Waals surface area (Å²) >= 11 is 0. The molecule has 126 valence electrons. The van der Waals surface area contributed by atoms with Gasteiger partial charge in [0, 0.05) is 6.42 Å². The second-order valence-corrected chi connectivity index (χ2v) is 7.23. The van der Waals surface area contributed by atoms with E-state index in [2.05, 4.69) is 0 Å². The quantitative estimate of drug-likeness (QED) is 0.790. The number of nitrogens with zero attached hydrogens (tertiary/aromatic N) is 1. The number of carboxylic acids is 1. The lowest BCUT2D eigenvalue weighted by Crippen LogP contribution is -2.50. The highest BCUT2D eigenvalue weighted by molar-refractivity contribution is 7.86. The Balaban J connectivity index is 2.22. The van der Waals surface area contributed by atoms with Gasteiger partial charge in [-0.3, -0.25) is 9.08 Å². The molecule has 1 aromatic rings. The molecule has 1 heterocycles. The lowest BCUT2D eigenvalue weighted by Gasteiger charge is -2.27. The molecule has 2 atom stereocenters. The molecule has 1 amide bonds. The van der Waals surface area contributed by atoms with Crippen LogP contribution in [0, 0.1) is 6.92 Å². The van der Waals surface area contributed by atoms with Crippen molar-refractivity contribution in [3.63, 3.8) is 0 Å². The van der Waals surface area contributed by atoms with Crippen LogP contribution in [0.25, 0.3) is 0 Å². The van der Waals surface area contributed by atoms with Gasteiger partial charge in [0.1, 0.15) is 5.54 Å². The van der Waals surface area contributed by atoms with E-state index >= 15 is 0 Å². The van der Waals surface area contributed by atoms with Crippen LogP contribution < -0.4 is 0 Å². The van der Waals surface area contributed by atoms with E-state index in [1.807, 2.05) is 0 Å². The summed E-state index contributed by atoms with van der Waals surface area (Å²) in [6.07, 6.45) is -2.74. The largest absolute Gasteiger partial charge is 0.480 e.